The molecule has 4 heteroatoms. The zero-order chi connectivity index (χ0) is 15.1. The van der Waals surface area contributed by atoms with Crippen molar-refractivity contribution in [2.45, 2.75) is 37.8 Å². The van der Waals surface area contributed by atoms with E-state index < -0.39 is 0 Å². The molecular formula is C18H18I2N2. The Balaban J connectivity index is 1.75. The number of benzene rings is 2. The summed E-state index contributed by atoms with van der Waals surface area (Å²) in [6.45, 7) is 0. The molecule has 0 atom stereocenters. The molecule has 0 unspecified atom stereocenters. The van der Waals surface area contributed by atoms with Crippen molar-refractivity contribution in [3.05, 3.63) is 55.7 Å². The van der Waals surface area contributed by atoms with E-state index in [-0.39, 0.29) is 0 Å². The summed E-state index contributed by atoms with van der Waals surface area (Å²) >= 11 is 4.76. The van der Waals surface area contributed by atoms with Crippen LogP contribution in [0.3, 0.4) is 0 Å². The van der Waals surface area contributed by atoms with Crippen molar-refractivity contribution in [3.8, 4) is 0 Å². The van der Waals surface area contributed by atoms with E-state index in [0.29, 0.717) is 12.1 Å². The van der Waals surface area contributed by atoms with Crippen molar-refractivity contribution in [1.82, 2.24) is 0 Å². The topological polar surface area (TPSA) is 6.48 Å². The number of fused-ring (bicyclic) bond motifs is 3. The molecule has 1 saturated carbocycles. The molecule has 0 amide bonds. The van der Waals surface area contributed by atoms with Crippen molar-refractivity contribution >= 4 is 56.6 Å². The second-order valence-corrected chi connectivity index (χ2v) is 8.60. The van der Waals surface area contributed by atoms with Crippen LogP contribution in [0.25, 0.3) is 0 Å². The summed E-state index contributed by atoms with van der Waals surface area (Å²) in [5.41, 5.74) is 2.65. The summed E-state index contributed by atoms with van der Waals surface area (Å²) in [5, 5.41) is 5.10. The average Bonchev–Trinajstić information content (AvgIpc) is 2.57. The van der Waals surface area contributed by atoms with E-state index in [4.69, 9.17) is 0 Å². The number of hydrogen-bond donors (Lipinski definition) is 0. The zero-order valence-electron chi connectivity index (χ0n) is 12.3. The fraction of sp³-hybridized carbons (Fsp3) is 0.333. The summed E-state index contributed by atoms with van der Waals surface area (Å²) in [4.78, 5) is 0. The molecule has 2 aromatic carbocycles. The van der Waals surface area contributed by atoms with Crippen LogP contribution in [-0.2, 0) is 0 Å². The molecule has 0 spiro atoms. The summed E-state index contributed by atoms with van der Waals surface area (Å²) in [6, 6.07) is 19.2. The molecule has 2 aliphatic heterocycles. The van der Waals surface area contributed by atoms with E-state index in [0.717, 1.165) is 0 Å². The van der Waals surface area contributed by atoms with Crippen molar-refractivity contribution in [2.75, 3.05) is 10.0 Å². The summed E-state index contributed by atoms with van der Waals surface area (Å²) in [7, 11) is 0. The molecular weight excluding hydrogens is 498 g/mol. The van der Waals surface area contributed by atoms with Gasteiger partial charge >= 0.3 is 0 Å². The predicted octanol–water partition coefficient (Wildman–Crippen LogP) is 5.45. The van der Waals surface area contributed by atoms with Crippen molar-refractivity contribution in [1.29, 1.82) is 0 Å². The van der Waals surface area contributed by atoms with Gasteiger partial charge in [-0.15, -0.1) is 0 Å². The van der Waals surface area contributed by atoms with E-state index in [9.17, 15) is 0 Å². The van der Waals surface area contributed by atoms with Crippen LogP contribution in [0, 0.1) is 7.14 Å². The molecule has 22 heavy (non-hydrogen) atoms. The third kappa shape index (κ3) is 2.72. The first kappa shape index (κ1) is 15.1. The van der Waals surface area contributed by atoms with E-state index >= 15 is 0 Å². The molecule has 2 saturated heterocycles. The number of hydrogen-bond acceptors (Lipinski definition) is 2. The maximum Gasteiger partial charge on any atom is 0.0578 e. The average molecular weight is 516 g/mol. The normalized spacial score (nSPS) is 23.9. The van der Waals surface area contributed by atoms with Crippen molar-refractivity contribution < 1.29 is 0 Å². The van der Waals surface area contributed by atoms with Gasteiger partial charge in [0.25, 0.3) is 0 Å². The zero-order valence-corrected chi connectivity index (χ0v) is 16.6. The van der Waals surface area contributed by atoms with Gasteiger partial charge in [-0.2, -0.15) is 0 Å². The second kappa shape index (κ2) is 6.19. The smallest absolute Gasteiger partial charge is 0.0578 e. The molecule has 3 fully saturated rings. The summed E-state index contributed by atoms with van der Waals surface area (Å²) < 4.78 is 2.59. The Bertz CT molecular complexity index is 586. The Morgan fingerprint density at radius 1 is 0.591 bits per heavy atom. The number of anilines is 2. The first-order valence-corrected chi connectivity index (χ1v) is 9.97. The first-order chi connectivity index (χ1) is 10.7. The largest absolute Gasteiger partial charge is 0.282 e. The highest BCUT2D eigenvalue weighted by Crippen LogP contribution is 2.41. The van der Waals surface area contributed by atoms with Crippen LogP contribution in [0.15, 0.2) is 48.5 Å². The molecule has 5 rings (SSSR count). The van der Waals surface area contributed by atoms with Crippen LogP contribution in [0.5, 0.6) is 0 Å². The quantitative estimate of drug-likeness (QED) is 0.491. The van der Waals surface area contributed by atoms with Crippen LogP contribution in [0.1, 0.15) is 25.7 Å². The monoisotopic (exact) mass is 516 g/mol. The third-order valence-electron chi connectivity index (χ3n) is 4.77. The van der Waals surface area contributed by atoms with Gasteiger partial charge in [-0.3, -0.25) is 10.0 Å². The van der Waals surface area contributed by atoms with Gasteiger partial charge in [0.05, 0.1) is 23.5 Å². The molecule has 0 aromatic heterocycles. The Morgan fingerprint density at radius 3 is 1.23 bits per heavy atom. The van der Waals surface area contributed by atoms with Crippen LogP contribution in [-0.4, -0.2) is 12.1 Å². The number of rotatable bonds is 2. The van der Waals surface area contributed by atoms with Gasteiger partial charge in [-0.1, -0.05) is 0 Å². The van der Waals surface area contributed by atoms with Gasteiger partial charge in [0.1, 0.15) is 0 Å². The van der Waals surface area contributed by atoms with Crippen molar-refractivity contribution in [3.63, 3.8) is 0 Å². The highest BCUT2D eigenvalue weighted by Gasteiger charge is 2.40. The number of nitrogens with zero attached hydrogens (tertiary/aromatic N) is 2. The fourth-order valence-corrected chi connectivity index (χ4v) is 4.48. The van der Waals surface area contributed by atoms with Crippen LogP contribution in [0.4, 0.5) is 11.4 Å². The first-order valence-electron chi connectivity index (χ1n) is 7.82. The van der Waals surface area contributed by atoms with Gasteiger partial charge in [-0.05, 0) is 119 Å². The van der Waals surface area contributed by atoms with E-state index in [1.54, 1.807) is 0 Å². The molecule has 1 aliphatic carbocycles. The number of halogens is 2. The highest BCUT2D eigenvalue weighted by molar-refractivity contribution is 14.1. The molecule has 2 nitrogen and oxygen atoms in total. The maximum absolute atomic E-state index is 2.55. The molecule has 2 aromatic rings. The molecule has 0 radical (unpaired) electrons. The molecule has 2 heterocycles. The lowest BCUT2D eigenvalue weighted by atomic mass is 9.86. The second-order valence-electron chi connectivity index (χ2n) is 6.10. The van der Waals surface area contributed by atoms with Gasteiger partial charge in [0.15, 0.2) is 0 Å². The third-order valence-corrected chi connectivity index (χ3v) is 6.21. The fourth-order valence-electron chi connectivity index (χ4n) is 3.76. The summed E-state index contributed by atoms with van der Waals surface area (Å²) in [6.07, 6.45) is 5.27. The minimum atomic E-state index is 0.643. The maximum atomic E-state index is 2.55. The van der Waals surface area contributed by atoms with Gasteiger partial charge in [0.2, 0.25) is 0 Å². The highest BCUT2D eigenvalue weighted by atomic mass is 127. The van der Waals surface area contributed by atoms with Gasteiger partial charge in [-0.25, -0.2) is 0 Å². The molecule has 2 bridgehead atoms. The Kier molecular flexibility index (Phi) is 4.23. The Hall–Kier alpha value is -0.500. The standard InChI is InChI=1S/C18H18I2N2/c19-13-1-5-15(6-2-13)21-17-9-11-18(12-10-17)22(21)16-7-3-14(20)4-8-16/h1-8,17-18H,9-12H2. The molecule has 114 valence electrons. The van der Waals surface area contributed by atoms with E-state index in [1.807, 2.05) is 0 Å². The van der Waals surface area contributed by atoms with Gasteiger partial charge in [0, 0.05) is 7.14 Å². The van der Waals surface area contributed by atoms with Crippen LogP contribution < -0.4 is 10.0 Å². The minimum Gasteiger partial charge on any atom is -0.282 e. The van der Waals surface area contributed by atoms with Crippen molar-refractivity contribution in [2.24, 2.45) is 0 Å². The summed E-state index contributed by atoms with van der Waals surface area (Å²) in [5.74, 6) is 0. The van der Waals surface area contributed by atoms with E-state index in [1.165, 1.54) is 44.2 Å². The molecule has 0 N–H and O–H groups in total. The van der Waals surface area contributed by atoms with Crippen LogP contribution in [0.2, 0.25) is 0 Å². The van der Waals surface area contributed by atoms with E-state index in [2.05, 4.69) is 104 Å². The van der Waals surface area contributed by atoms with Crippen LogP contribution >= 0.6 is 45.2 Å². The number of hydrazine groups is 1. The lowest BCUT2D eigenvalue weighted by molar-refractivity contribution is 0.284. The predicted molar refractivity (Wildman–Crippen MR) is 109 cm³/mol. The van der Waals surface area contributed by atoms with Gasteiger partial charge < -0.3 is 0 Å². The lowest BCUT2D eigenvalue weighted by Gasteiger charge is -2.55. The SMILES string of the molecule is Ic1ccc(N2C3CCC(CC3)N2c2ccc(I)cc2)cc1. The molecule has 3 aliphatic rings. The Labute approximate surface area is 159 Å². The minimum absolute atomic E-state index is 0.643. The Morgan fingerprint density at radius 2 is 0.909 bits per heavy atom. The lowest BCUT2D eigenvalue weighted by Crippen LogP contribution is -2.62.